The Kier molecular flexibility index (Phi) is 3.63. The van der Waals surface area contributed by atoms with Gasteiger partial charge in [-0.15, -0.1) is 11.3 Å². The van der Waals surface area contributed by atoms with Crippen LogP contribution in [0.15, 0.2) is 42.0 Å². The van der Waals surface area contributed by atoms with Crippen LogP contribution in [0.2, 0.25) is 0 Å². The minimum atomic E-state index is 0.0311. The predicted octanol–water partition coefficient (Wildman–Crippen LogP) is 2.42. The van der Waals surface area contributed by atoms with Crippen molar-refractivity contribution in [3.05, 3.63) is 53.2 Å². The van der Waals surface area contributed by atoms with Crippen LogP contribution >= 0.6 is 11.3 Å². The van der Waals surface area contributed by atoms with E-state index in [0.717, 1.165) is 34.3 Å². The van der Waals surface area contributed by atoms with Crippen molar-refractivity contribution in [2.24, 2.45) is 7.05 Å². The van der Waals surface area contributed by atoms with Crippen molar-refractivity contribution in [3.8, 4) is 0 Å². The average Bonchev–Trinajstić information content (AvgIpc) is 3.20. The van der Waals surface area contributed by atoms with Gasteiger partial charge in [-0.3, -0.25) is 9.48 Å². The van der Waals surface area contributed by atoms with E-state index in [0.29, 0.717) is 6.54 Å². The fraction of sp³-hybridized carbons (Fsp3) is 0.294. The molecule has 0 bridgehead atoms. The highest BCUT2D eigenvalue weighted by atomic mass is 32.1. The first kappa shape index (κ1) is 14.4. The zero-order valence-corrected chi connectivity index (χ0v) is 13.7. The summed E-state index contributed by atoms with van der Waals surface area (Å²) in [7, 11) is 1.90. The molecule has 1 aromatic carbocycles. The number of aromatic nitrogens is 2. The first-order valence-corrected chi connectivity index (χ1v) is 8.58. The molecular formula is C17H18N4OS. The third-order valence-electron chi connectivity index (χ3n) is 4.33. The first-order chi connectivity index (χ1) is 11.2. The SMILES string of the molecule is Cn1cc([C@@H]2CNCCN2C(=O)c2csc3ccccc23)cn1. The fourth-order valence-corrected chi connectivity index (χ4v) is 4.09. The van der Waals surface area contributed by atoms with Crippen molar-refractivity contribution in [1.82, 2.24) is 20.0 Å². The quantitative estimate of drug-likeness (QED) is 0.787. The maximum absolute atomic E-state index is 13.1. The Labute approximate surface area is 138 Å². The summed E-state index contributed by atoms with van der Waals surface area (Å²) in [5.41, 5.74) is 1.88. The molecule has 118 valence electrons. The number of hydrogen-bond acceptors (Lipinski definition) is 4. The van der Waals surface area contributed by atoms with Gasteiger partial charge in [-0.2, -0.15) is 5.10 Å². The third-order valence-corrected chi connectivity index (χ3v) is 5.29. The van der Waals surface area contributed by atoms with Crippen LogP contribution < -0.4 is 5.32 Å². The summed E-state index contributed by atoms with van der Waals surface area (Å²) < 4.78 is 2.94. The molecule has 5 nitrogen and oxygen atoms in total. The van der Waals surface area contributed by atoms with Gasteiger partial charge in [0.2, 0.25) is 0 Å². The number of thiophene rings is 1. The van der Waals surface area contributed by atoms with Gasteiger partial charge in [-0.1, -0.05) is 18.2 Å². The minimum absolute atomic E-state index is 0.0311. The van der Waals surface area contributed by atoms with Gasteiger partial charge in [0.15, 0.2) is 0 Å². The molecule has 1 saturated heterocycles. The molecule has 0 unspecified atom stereocenters. The molecule has 1 atom stereocenters. The summed E-state index contributed by atoms with van der Waals surface area (Å²) in [6.45, 7) is 2.30. The molecule has 1 aliphatic rings. The van der Waals surface area contributed by atoms with Crippen molar-refractivity contribution in [3.63, 3.8) is 0 Å². The molecule has 1 amide bonds. The largest absolute Gasteiger partial charge is 0.329 e. The van der Waals surface area contributed by atoms with Crippen LogP contribution in [0.1, 0.15) is 22.0 Å². The van der Waals surface area contributed by atoms with Gasteiger partial charge >= 0.3 is 0 Å². The molecule has 4 rings (SSSR count). The highest BCUT2D eigenvalue weighted by Gasteiger charge is 2.30. The molecule has 0 spiro atoms. The molecule has 1 N–H and O–H groups in total. The number of benzene rings is 1. The molecule has 23 heavy (non-hydrogen) atoms. The maximum Gasteiger partial charge on any atom is 0.255 e. The maximum atomic E-state index is 13.1. The summed E-state index contributed by atoms with van der Waals surface area (Å²) in [6.07, 6.45) is 3.84. The van der Waals surface area contributed by atoms with Gasteiger partial charge in [-0.25, -0.2) is 0 Å². The van der Waals surface area contributed by atoms with E-state index >= 15 is 0 Å². The molecule has 3 heterocycles. The highest BCUT2D eigenvalue weighted by Crippen LogP contribution is 2.30. The van der Waals surface area contributed by atoms with Crippen LogP contribution in [-0.2, 0) is 7.05 Å². The van der Waals surface area contributed by atoms with Gasteiger partial charge in [-0.05, 0) is 6.07 Å². The van der Waals surface area contributed by atoms with E-state index in [9.17, 15) is 4.79 Å². The standard InChI is InChI=1S/C17H18N4OS/c1-20-10-12(8-19-20)15-9-18-6-7-21(15)17(22)14-11-23-16-5-3-2-4-13(14)16/h2-5,8,10-11,15,18H,6-7,9H2,1H3/t15-/m0/s1. The molecule has 1 aliphatic heterocycles. The Morgan fingerprint density at radius 1 is 1.39 bits per heavy atom. The number of amides is 1. The normalized spacial score (nSPS) is 18.5. The average molecular weight is 326 g/mol. The lowest BCUT2D eigenvalue weighted by Gasteiger charge is -2.35. The molecular weight excluding hydrogens is 308 g/mol. The highest BCUT2D eigenvalue weighted by molar-refractivity contribution is 7.17. The van der Waals surface area contributed by atoms with Crippen molar-refractivity contribution in [2.45, 2.75) is 6.04 Å². The lowest BCUT2D eigenvalue weighted by molar-refractivity contribution is 0.0637. The van der Waals surface area contributed by atoms with Gasteiger partial charge in [0.1, 0.15) is 0 Å². The summed E-state index contributed by atoms with van der Waals surface area (Å²) in [5.74, 6) is 0.109. The lowest BCUT2D eigenvalue weighted by atomic mass is 10.0. The fourth-order valence-electron chi connectivity index (χ4n) is 3.16. The Bertz CT molecular complexity index is 853. The van der Waals surface area contributed by atoms with Crippen LogP contribution in [0.25, 0.3) is 10.1 Å². The molecule has 0 aliphatic carbocycles. The van der Waals surface area contributed by atoms with E-state index in [4.69, 9.17) is 0 Å². The van der Waals surface area contributed by atoms with Crippen LogP contribution in [0.5, 0.6) is 0 Å². The Hall–Kier alpha value is -2.18. The van der Waals surface area contributed by atoms with Gasteiger partial charge < -0.3 is 10.2 Å². The predicted molar refractivity (Wildman–Crippen MR) is 91.7 cm³/mol. The van der Waals surface area contributed by atoms with Gasteiger partial charge in [0.25, 0.3) is 5.91 Å². The van der Waals surface area contributed by atoms with E-state index < -0.39 is 0 Å². The number of nitrogens with one attached hydrogen (secondary N) is 1. The first-order valence-electron chi connectivity index (χ1n) is 7.70. The molecule has 3 aromatic rings. The summed E-state index contributed by atoms with van der Waals surface area (Å²) in [6, 6.07) is 8.12. The topological polar surface area (TPSA) is 50.2 Å². The minimum Gasteiger partial charge on any atom is -0.329 e. The number of piperazine rings is 1. The van der Waals surface area contributed by atoms with Crippen LogP contribution in [-0.4, -0.2) is 40.2 Å². The van der Waals surface area contributed by atoms with E-state index in [1.807, 2.05) is 47.9 Å². The number of fused-ring (bicyclic) bond motifs is 1. The van der Waals surface area contributed by atoms with E-state index in [2.05, 4.69) is 16.5 Å². The van der Waals surface area contributed by atoms with E-state index in [1.54, 1.807) is 16.0 Å². The van der Waals surface area contributed by atoms with E-state index in [1.165, 1.54) is 0 Å². The van der Waals surface area contributed by atoms with Crippen molar-refractivity contribution >= 4 is 27.3 Å². The van der Waals surface area contributed by atoms with Crippen LogP contribution in [0.4, 0.5) is 0 Å². The number of hydrogen-bond donors (Lipinski definition) is 1. The molecule has 0 radical (unpaired) electrons. The molecule has 0 saturated carbocycles. The third kappa shape index (κ3) is 2.54. The zero-order valence-electron chi connectivity index (χ0n) is 12.9. The van der Waals surface area contributed by atoms with Crippen LogP contribution in [0, 0.1) is 0 Å². The zero-order chi connectivity index (χ0) is 15.8. The second kappa shape index (κ2) is 5.79. The lowest BCUT2D eigenvalue weighted by Crippen LogP contribution is -2.48. The monoisotopic (exact) mass is 326 g/mol. The number of aryl methyl sites for hydroxylation is 1. The number of carbonyl (C=O) groups excluding carboxylic acids is 1. The Morgan fingerprint density at radius 3 is 3.09 bits per heavy atom. The summed E-state index contributed by atoms with van der Waals surface area (Å²) in [5, 5.41) is 10.7. The Balaban J connectivity index is 1.70. The van der Waals surface area contributed by atoms with Crippen molar-refractivity contribution in [1.29, 1.82) is 0 Å². The second-order valence-electron chi connectivity index (χ2n) is 5.81. The Morgan fingerprint density at radius 2 is 2.26 bits per heavy atom. The number of nitrogens with zero attached hydrogens (tertiary/aromatic N) is 3. The molecule has 6 heteroatoms. The van der Waals surface area contributed by atoms with Gasteiger partial charge in [0.05, 0.1) is 17.8 Å². The summed E-state index contributed by atoms with van der Waals surface area (Å²) >= 11 is 1.63. The summed E-state index contributed by atoms with van der Waals surface area (Å²) in [4.78, 5) is 15.1. The van der Waals surface area contributed by atoms with Gasteiger partial charge in [0, 0.05) is 53.9 Å². The van der Waals surface area contributed by atoms with Crippen molar-refractivity contribution in [2.75, 3.05) is 19.6 Å². The molecule has 1 fully saturated rings. The number of rotatable bonds is 2. The smallest absolute Gasteiger partial charge is 0.255 e. The van der Waals surface area contributed by atoms with Crippen molar-refractivity contribution < 1.29 is 4.79 Å². The molecule has 2 aromatic heterocycles. The van der Waals surface area contributed by atoms with E-state index in [-0.39, 0.29) is 11.9 Å². The number of carbonyl (C=O) groups is 1. The van der Waals surface area contributed by atoms with Crippen LogP contribution in [0.3, 0.4) is 0 Å². The second-order valence-corrected chi connectivity index (χ2v) is 6.72.